The molecular formula is C15H16F3NO5. The van der Waals surface area contributed by atoms with Gasteiger partial charge in [-0.05, 0) is 26.8 Å². The number of halogens is 3. The zero-order valence-corrected chi connectivity index (χ0v) is 13.2. The van der Waals surface area contributed by atoms with Crippen LogP contribution in [0.25, 0.3) is 0 Å². The highest BCUT2D eigenvalue weighted by atomic mass is 19.2. The van der Waals surface area contributed by atoms with Crippen LogP contribution >= 0.6 is 0 Å². The molecule has 0 saturated heterocycles. The van der Waals surface area contributed by atoms with Crippen LogP contribution in [0.1, 0.15) is 37.6 Å². The van der Waals surface area contributed by atoms with Crippen molar-refractivity contribution in [2.24, 2.45) is 0 Å². The molecule has 1 amide bonds. The summed E-state index contributed by atoms with van der Waals surface area (Å²) in [5, 5.41) is 10.8. The molecule has 0 aromatic heterocycles. The Morgan fingerprint density at radius 1 is 1.12 bits per heavy atom. The Morgan fingerprint density at radius 3 is 2.17 bits per heavy atom. The minimum absolute atomic E-state index is 0.161. The number of ketones is 1. The van der Waals surface area contributed by atoms with E-state index in [1.54, 1.807) is 0 Å². The van der Waals surface area contributed by atoms with Crippen LogP contribution in [0.3, 0.4) is 0 Å². The normalized spacial score (nSPS) is 12.4. The largest absolute Gasteiger partial charge is 0.481 e. The fraction of sp³-hybridized carbons (Fsp3) is 0.400. The van der Waals surface area contributed by atoms with Crippen molar-refractivity contribution in [3.63, 3.8) is 0 Å². The molecule has 24 heavy (non-hydrogen) atoms. The van der Waals surface area contributed by atoms with Crippen LogP contribution in [0, 0.1) is 17.5 Å². The van der Waals surface area contributed by atoms with E-state index in [1.807, 2.05) is 5.32 Å². The molecule has 0 aliphatic rings. The topological polar surface area (TPSA) is 92.7 Å². The third-order valence-corrected chi connectivity index (χ3v) is 2.66. The van der Waals surface area contributed by atoms with E-state index in [9.17, 15) is 27.6 Å². The fourth-order valence-corrected chi connectivity index (χ4v) is 1.73. The molecule has 0 heterocycles. The number of ether oxygens (including phenoxy) is 1. The fourth-order valence-electron chi connectivity index (χ4n) is 1.73. The van der Waals surface area contributed by atoms with Crippen LogP contribution in [0.4, 0.5) is 18.0 Å². The number of amides is 1. The third kappa shape index (κ3) is 5.56. The second kappa shape index (κ2) is 7.33. The maximum absolute atomic E-state index is 13.7. The van der Waals surface area contributed by atoms with Crippen molar-refractivity contribution >= 4 is 17.8 Å². The van der Waals surface area contributed by atoms with Crippen LogP contribution in [-0.2, 0) is 9.53 Å². The lowest BCUT2D eigenvalue weighted by Crippen LogP contribution is -2.44. The van der Waals surface area contributed by atoms with Gasteiger partial charge < -0.3 is 15.2 Å². The first-order valence-corrected chi connectivity index (χ1v) is 6.81. The Bertz CT molecular complexity index is 670. The molecule has 1 rings (SSSR count). The van der Waals surface area contributed by atoms with Gasteiger partial charge in [0.1, 0.15) is 17.5 Å². The number of aliphatic carboxylic acids is 1. The predicted octanol–water partition coefficient (Wildman–Crippen LogP) is 2.65. The van der Waals surface area contributed by atoms with Crippen molar-refractivity contribution in [3.05, 3.63) is 35.1 Å². The molecule has 6 nitrogen and oxygen atoms in total. The molecule has 0 aliphatic carbocycles. The zero-order chi connectivity index (χ0) is 18.7. The molecule has 0 fully saturated rings. The van der Waals surface area contributed by atoms with Crippen molar-refractivity contribution < 1.29 is 37.4 Å². The van der Waals surface area contributed by atoms with E-state index < -0.39 is 58.9 Å². The van der Waals surface area contributed by atoms with Gasteiger partial charge in [0.2, 0.25) is 0 Å². The average Bonchev–Trinajstić information content (AvgIpc) is 2.38. The van der Waals surface area contributed by atoms with Crippen LogP contribution in [-0.4, -0.2) is 34.6 Å². The van der Waals surface area contributed by atoms with Crippen LogP contribution in [0.2, 0.25) is 0 Å². The number of hydrogen-bond acceptors (Lipinski definition) is 4. The number of nitrogens with one attached hydrogen (secondary N) is 1. The van der Waals surface area contributed by atoms with Gasteiger partial charge in [-0.25, -0.2) is 18.0 Å². The number of carboxylic acid groups (broad SMARTS) is 1. The van der Waals surface area contributed by atoms with Crippen molar-refractivity contribution in [2.45, 2.75) is 38.8 Å². The molecule has 9 heteroatoms. The average molecular weight is 347 g/mol. The van der Waals surface area contributed by atoms with E-state index in [0.717, 1.165) is 0 Å². The SMILES string of the molecule is CC(C)(C)OC(=O)N[C@@H](CC(=O)O)C(=O)c1cc(F)c(F)cc1F. The Kier molecular flexibility index (Phi) is 5.94. The Labute approximate surface area is 135 Å². The predicted molar refractivity (Wildman–Crippen MR) is 76.1 cm³/mol. The summed E-state index contributed by atoms with van der Waals surface area (Å²) in [7, 11) is 0. The minimum atomic E-state index is -1.71. The molecule has 0 aliphatic heterocycles. The third-order valence-electron chi connectivity index (χ3n) is 2.66. The van der Waals surface area contributed by atoms with E-state index in [1.165, 1.54) is 20.8 Å². The van der Waals surface area contributed by atoms with Gasteiger partial charge >= 0.3 is 12.1 Å². The summed E-state index contributed by atoms with van der Waals surface area (Å²) >= 11 is 0. The first-order valence-electron chi connectivity index (χ1n) is 6.81. The van der Waals surface area contributed by atoms with E-state index in [-0.39, 0.29) is 6.07 Å². The highest BCUT2D eigenvalue weighted by Gasteiger charge is 2.29. The number of carbonyl (C=O) groups excluding carboxylic acids is 2. The molecule has 132 valence electrons. The first kappa shape index (κ1) is 19.5. The number of benzene rings is 1. The molecule has 2 N–H and O–H groups in total. The quantitative estimate of drug-likeness (QED) is 0.631. The maximum Gasteiger partial charge on any atom is 0.408 e. The van der Waals surface area contributed by atoms with Gasteiger partial charge in [-0.3, -0.25) is 9.59 Å². The lowest BCUT2D eigenvalue weighted by molar-refractivity contribution is -0.137. The Morgan fingerprint density at radius 2 is 1.67 bits per heavy atom. The van der Waals surface area contributed by atoms with E-state index in [4.69, 9.17) is 9.84 Å². The molecular weight excluding hydrogens is 331 g/mol. The lowest BCUT2D eigenvalue weighted by Gasteiger charge is -2.22. The number of carbonyl (C=O) groups is 3. The smallest absolute Gasteiger partial charge is 0.408 e. The van der Waals surface area contributed by atoms with E-state index >= 15 is 0 Å². The molecule has 0 radical (unpaired) electrons. The van der Waals surface area contributed by atoms with Gasteiger partial charge in [-0.1, -0.05) is 0 Å². The van der Waals surface area contributed by atoms with Gasteiger partial charge in [0.05, 0.1) is 12.0 Å². The van der Waals surface area contributed by atoms with Crippen LogP contribution in [0.15, 0.2) is 12.1 Å². The van der Waals surface area contributed by atoms with Crippen molar-refractivity contribution in [1.82, 2.24) is 5.32 Å². The number of hydrogen-bond donors (Lipinski definition) is 2. The Hall–Kier alpha value is -2.58. The second-order valence-electron chi connectivity index (χ2n) is 5.91. The first-order chi connectivity index (χ1) is 10.9. The lowest BCUT2D eigenvalue weighted by atomic mass is 10.0. The summed E-state index contributed by atoms with van der Waals surface area (Å²) < 4.78 is 44.7. The van der Waals surface area contributed by atoms with Crippen LogP contribution < -0.4 is 5.32 Å². The summed E-state index contributed by atoms with van der Waals surface area (Å²) in [5.74, 6) is -7.04. The zero-order valence-electron chi connectivity index (χ0n) is 13.2. The molecule has 1 atom stereocenters. The highest BCUT2D eigenvalue weighted by Crippen LogP contribution is 2.17. The van der Waals surface area contributed by atoms with Crippen LogP contribution in [0.5, 0.6) is 0 Å². The van der Waals surface area contributed by atoms with Gasteiger partial charge in [0.25, 0.3) is 0 Å². The van der Waals surface area contributed by atoms with Gasteiger partial charge in [0, 0.05) is 6.07 Å². The summed E-state index contributed by atoms with van der Waals surface area (Å²) in [5.41, 5.74) is -1.80. The van der Waals surface area contributed by atoms with Gasteiger partial charge in [0.15, 0.2) is 17.4 Å². The molecule has 1 aromatic rings. The maximum atomic E-state index is 13.7. The second-order valence-corrected chi connectivity index (χ2v) is 5.91. The number of alkyl carbamates (subject to hydrolysis) is 1. The van der Waals surface area contributed by atoms with Crippen molar-refractivity contribution in [2.75, 3.05) is 0 Å². The molecule has 0 bridgehead atoms. The summed E-state index contributed by atoms with van der Waals surface area (Å²) in [6, 6.07) is -1.25. The Balaban J connectivity index is 3.08. The monoisotopic (exact) mass is 347 g/mol. The number of rotatable bonds is 5. The molecule has 1 aromatic carbocycles. The molecule has 0 spiro atoms. The summed E-state index contributed by atoms with van der Waals surface area (Å²) in [4.78, 5) is 34.7. The van der Waals surface area contributed by atoms with Crippen molar-refractivity contribution in [1.29, 1.82) is 0 Å². The van der Waals surface area contributed by atoms with Gasteiger partial charge in [-0.15, -0.1) is 0 Å². The summed E-state index contributed by atoms with van der Waals surface area (Å²) in [6.07, 6.45) is -2.00. The number of Topliss-reactive ketones (excluding diaryl/α,β-unsaturated/α-hetero) is 1. The molecule has 0 unspecified atom stereocenters. The summed E-state index contributed by atoms with van der Waals surface area (Å²) in [6.45, 7) is 4.61. The number of carboxylic acids is 1. The van der Waals surface area contributed by atoms with Crippen molar-refractivity contribution in [3.8, 4) is 0 Å². The van der Waals surface area contributed by atoms with E-state index in [2.05, 4.69) is 0 Å². The van der Waals surface area contributed by atoms with Gasteiger partial charge in [-0.2, -0.15) is 0 Å². The van der Waals surface area contributed by atoms with E-state index in [0.29, 0.717) is 6.07 Å². The standard InChI is InChI=1S/C15H16F3NO5/c1-15(2,3)24-14(23)19-11(6-12(20)21)13(22)7-4-9(17)10(18)5-8(7)16/h4-5,11H,6H2,1-3H3,(H,19,23)(H,20,21)/t11-/m0/s1. The highest BCUT2D eigenvalue weighted by molar-refractivity contribution is 6.03. The molecule has 0 saturated carbocycles. The minimum Gasteiger partial charge on any atom is -0.481 e.